The average molecular weight is 1060 g/mol. The first-order valence-electron chi connectivity index (χ1n) is 24.6. The number of ether oxygens (including phenoxy) is 1. The summed E-state index contributed by atoms with van der Waals surface area (Å²) in [6, 6.07) is 11.8. The number of fused-ring (bicyclic) bond motifs is 1. The third kappa shape index (κ3) is 18.0. The number of amides is 1. The molecule has 5 aromatic heterocycles. The zero-order valence-electron chi connectivity index (χ0n) is 42.9. The van der Waals surface area contributed by atoms with Crippen LogP contribution in [0, 0.1) is 11.8 Å². The minimum atomic E-state index is -4.59. The van der Waals surface area contributed by atoms with Crippen LogP contribution in [-0.4, -0.2) is 162 Å². The molecule has 28 heteroatoms. The van der Waals surface area contributed by atoms with E-state index < -0.39 is 43.2 Å². The first kappa shape index (κ1) is 57.0. The minimum Gasteiger partial charge on any atom is -0.444 e. The Morgan fingerprint density at radius 1 is 0.613 bits per heavy atom. The van der Waals surface area contributed by atoms with E-state index in [1.54, 1.807) is 39.0 Å². The van der Waals surface area contributed by atoms with Gasteiger partial charge >= 0.3 is 18.4 Å². The predicted octanol–water partition coefficient (Wildman–Crippen LogP) is 5.39. The number of piperidine rings is 1. The molecule has 1 atom stereocenters. The average Bonchev–Trinajstić information content (AvgIpc) is 3.83. The second-order valence-electron chi connectivity index (χ2n) is 19.8. The van der Waals surface area contributed by atoms with Crippen LogP contribution >= 0.6 is 0 Å². The molecule has 22 nitrogen and oxygen atoms in total. The highest BCUT2D eigenvalue weighted by Crippen LogP contribution is 2.31. The summed E-state index contributed by atoms with van der Waals surface area (Å²) in [6.45, 7) is 14.7. The summed E-state index contributed by atoms with van der Waals surface area (Å²) in [7, 11) is 0. The molecule has 1 amide bonds. The van der Waals surface area contributed by atoms with E-state index in [0.29, 0.717) is 54.4 Å². The van der Waals surface area contributed by atoms with Crippen LogP contribution in [0.5, 0.6) is 0 Å². The largest absolute Gasteiger partial charge is 0.444 e. The van der Waals surface area contributed by atoms with E-state index in [4.69, 9.17) is 27.7 Å². The van der Waals surface area contributed by atoms with Crippen LogP contribution in [0.25, 0.3) is 0 Å². The van der Waals surface area contributed by atoms with Gasteiger partial charge in [-0.25, -0.2) is 9.78 Å². The lowest BCUT2D eigenvalue weighted by molar-refractivity contribution is -0.181. The number of anilines is 8. The normalized spacial score (nSPS) is 17.7. The molecule has 5 aromatic rings. The molecular formula is C47H68F6N20O2. The van der Waals surface area contributed by atoms with Crippen molar-refractivity contribution in [2.24, 2.45) is 11.8 Å². The Labute approximate surface area is 431 Å². The third-order valence-corrected chi connectivity index (χ3v) is 12.3. The second kappa shape index (κ2) is 25.3. The zero-order valence-corrected chi connectivity index (χ0v) is 42.9. The van der Waals surface area contributed by atoms with Crippen molar-refractivity contribution in [1.29, 1.82) is 0 Å². The highest BCUT2D eigenvalue weighted by atomic mass is 19.4. The number of hydrogen-bond acceptors (Lipinski definition) is 20. The summed E-state index contributed by atoms with van der Waals surface area (Å²) in [5, 5.41) is 31.1. The molecule has 9 rings (SSSR count). The molecule has 0 spiro atoms. The van der Waals surface area contributed by atoms with Crippen LogP contribution < -0.4 is 42.5 Å². The molecule has 0 radical (unpaired) electrons. The molecule has 4 aliphatic rings. The lowest BCUT2D eigenvalue weighted by atomic mass is 9.89. The number of hydrogen-bond donors (Lipinski definition) is 4. The highest BCUT2D eigenvalue weighted by molar-refractivity contribution is 5.69. The van der Waals surface area contributed by atoms with Gasteiger partial charge in [0.15, 0.2) is 23.3 Å². The number of nitrogens with two attached hydrogens (primary N) is 4. The summed E-state index contributed by atoms with van der Waals surface area (Å²) < 4.78 is 84.1. The zero-order chi connectivity index (χ0) is 54.5. The van der Waals surface area contributed by atoms with Crippen molar-refractivity contribution >= 4 is 52.6 Å². The first-order valence-corrected chi connectivity index (χ1v) is 24.6. The van der Waals surface area contributed by atoms with E-state index in [2.05, 4.69) is 74.0 Å². The summed E-state index contributed by atoms with van der Waals surface area (Å²) >= 11 is 0. The van der Waals surface area contributed by atoms with Crippen molar-refractivity contribution in [2.45, 2.75) is 91.0 Å². The number of carbonyl (C=O) groups is 1. The molecule has 0 aliphatic carbocycles. The second-order valence-corrected chi connectivity index (χ2v) is 19.8. The van der Waals surface area contributed by atoms with Crippen molar-refractivity contribution in [3.05, 3.63) is 66.7 Å². The van der Waals surface area contributed by atoms with Gasteiger partial charge in [-0.1, -0.05) is 13.8 Å². The maximum Gasteiger partial charge on any atom is 0.410 e. The van der Waals surface area contributed by atoms with E-state index in [1.165, 1.54) is 41.2 Å². The van der Waals surface area contributed by atoms with Gasteiger partial charge in [-0.05, 0) is 100 Å². The summed E-state index contributed by atoms with van der Waals surface area (Å²) in [5.41, 5.74) is 21.0. The van der Waals surface area contributed by atoms with Gasteiger partial charge in [0.1, 0.15) is 40.7 Å². The number of rotatable bonds is 7. The van der Waals surface area contributed by atoms with Crippen LogP contribution in [-0.2, 0) is 17.8 Å². The van der Waals surface area contributed by atoms with Gasteiger partial charge in [0.25, 0.3) is 0 Å². The van der Waals surface area contributed by atoms with E-state index in [1.807, 2.05) is 35.5 Å². The van der Waals surface area contributed by atoms with E-state index >= 15 is 0 Å². The molecule has 0 saturated carbocycles. The lowest BCUT2D eigenvalue weighted by Crippen LogP contribution is -2.61. The number of imidazole rings is 1. The maximum absolute atomic E-state index is 13.4. The topological polar surface area (TPSA) is 271 Å². The number of nitrogens with zero attached hydrogens (tertiary/aromatic N) is 16. The van der Waals surface area contributed by atoms with Crippen LogP contribution in [0.4, 0.5) is 77.7 Å². The monoisotopic (exact) mass is 1060 g/mol. The van der Waals surface area contributed by atoms with E-state index in [9.17, 15) is 31.1 Å². The molecule has 3 fully saturated rings. The van der Waals surface area contributed by atoms with Gasteiger partial charge in [-0.3, -0.25) is 9.80 Å². The quantitative estimate of drug-likeness (QED) is 0.149. The molecule has 0 aromatic carbocycles. The summed E-state index contributed by atoms with van der Waals surface area (Å²) in [5.74, 6) is 6.93. The smallest absolute Gasteiger partial charge is 0.410 e. The first-order chi connectivity index (χ1) is 35.4. The maximum atomic E-state index is 13.4. The molecule has 410 valence electrons. The number of piperazine rings is 2. The van der Waals surface area contributed by atoms with Gasteiger partial charge in [0.2, 0.25) is 0 Å². The number of alkyl halides is 6. The fourth-order valence-electron chi connectivity index (χ4n) is 8.65. The standard InChI is InChI=1S/C14H20F3N5O2.C13H22N4.C10H14F3N5.C10H12N6/c1-13(2,3)24-12(23)22-7-6-21(8-9(22)14(15,16)17)11-5-4-10(18)19-20-11;1-10(2)9-11-5-7-17(8-6-11)13-4-3-12(14)15-16-13;11-10(12,13)7-17-3-5-18(6-4-17)9-2-1-8(14)15-16-9;11-8-1-2-9(14-13-8)16-6-5-15-4-3-12-10(15)7-16/h4-5,9H,6-8H2,1-3H3,(H2,18,19);3-4,10-11H,5-9H2,1-2H3,(H2,14,15);1-2H,3-7H2,(H2,14,15);1-4H,5-7H2,(H2,11,13). The van der Waals surface area contributed by atoms with Crippen LogP contribution in [0.3, 0.4) is 0 Å². The Morgan fingerprint density at radius 2 is 1.07 bits per heavy atom. The Morgan fingerprint density at radius 3 is 1.51 bits per heavy atom. The van der Waals surface area contributed by atoms with Crippen molar-refractivity contribution in [2.75, 3.05) is 115 Å². The van der Waals surface area contributed by atoms with Crippen LogP contribution in [0.15, 0.2) is 60.9 Å². The van der Waals surface area contributed by atoms with Crippen LogP contribution in [0.1, 0.15) is 59.7 Å². The van der Waals surface area contributed by atoms with Crippen molar-refractivity contribution < 1.29 is 35.9 Å². The Balaban J connectivity index is 0.000000164. The summed E-state index contributed by atoms with van der Waals surface area (Å²) in [4.78, 5) is 26.3. The van der Waals surface area contributed by atoms with Crippen molar-refractivity contribution in [3.63, 3.8) is 0 Å². The molecule has 9 heterocycles. The Hall–Kier alpha value is -7.26. The van der Waals surface area contributed by atoms with Gasteiger partial charge in [-0.2, -0.15) is 26.3 Å². The van der Waals surface area contributed by atoms with Gasteiger partial charge < -0.3 is 51.8 Å². The summed E-state index contributed by atoms with van der Waals surface area (Å²) in [6.07, 6.45) is -1.99. The molecule has 8 N–H and O–H groups in total. The molecule has 3 saturated heterocycles. The Kier molecular flexibility index (Phi) is 19.2. The molecule has 0 bridgehead atoms. The molecule has 75 heavy (non-hydrogen) atoms. The lowest BCUT2D eigenvalue weighted by Gasteiger charge is -2.42. The number of nitrogen functional groups attached to an aromatic ring is 4. The van der Waals surface area contributed by atoms with E-state index in [0.717, 1.165) is 62.0 Å². The Bertz CT molecular complexity index is 2500. The molecule has 1 unspecified atom stereocenters. The van der Waals surface area contributed by atoms with E-state index in [-0.39, 0.29) is 24.7 Å². The molecule has 4 aliphatic heterocycles. The molecular weight excluding hydrogens is 991 g/mol. The van der Waals surface area contributed by atoms with Gasteiger partial charge in [-0.15, -0.1) is 40.8 Å². The van der Waals surface area contributed by atoms with Gasteiger partial charge in [0, 0.05) is 84.4 Å². The van der Waals surface area contributed by atoms with Gasteiger partial charge in [0.05, 0.1) is 13.1 Å². The fourth-order valence-corrected chi connectivity index (χ4v) is 8.65. The highest BCUT2D eigenvalue weighted by Gasteiger charge is 2.49. The van der Waals surface area contributed by atoms with Crippen molar-refractivity contribution in [1.82, 2.24) is 60.1 Å². The number of carbonyl (C=O) groups excluding carboxylic acids is 1. The predicted molar refractivity (Wildman–Crippen MR) is 273 cm³/mol. The number of halogens is 6. The minimum absolute atomic E-state index is 0.134. The van der Waals surface area contributed by atoms with Crippen LogP contribution in [0.2, 0.25) is 0 Å². The SMILES string of the molecule is CC(C)(C)OC(=O)N1CCN(c2ccc(N)nn2)CC1C(F)(F)F.CC(C)CC1CCN(c2ccc(N)nn2)CC1.Nc1ccc(N2CCN(CC(F)(F)F)CC2)nn1.Nc1ccc(N2CCn3ccnc3C2)nn1. The third-order valence-electron chi connectivity index (χ3n) is 12.3. The fraction of sp³-hybridized carbons (Fsp3) is 0.574. The number of aromatic nitrogens is 10. The van der Waals surface area contributed by atoms with Crippen molar-refractivity contribution in [3.8, 4) is 0 Å².